The average Bonchev–Trinajstić information content (AvgIpc) is 3.15. The standard InChI is InChI=1S/C21H21ClN2S2/c1-16(14-20-8-5-13-26-20)24(15-17-6-3-2-4-7-17)21(25)23-19-11-9-18(22)10-12-19/h2-13,16H,14-15H2,1H3,(H,23,25)/t16-/m1/s1. The van der Waals surface area contributed by atoms with Crippen molar-refractivity contribution in [2.45, 2.75) is 25.9 Å². The van der Waals surface area contributed by atoms with Crippen LogP contribution in [0.5, 0.6) is 0 Å². The lowest BCUT2D eigenvalue weighted by atomic mass is 10.1. The van der Waals surface area contributed by atoms with E-state index in [1.807, 2.05) is 30.3 Å². The lowest BCUT2D eigenvalue weighted by molar-refractivity contribution is 0.326. The van der Waals surface area contributed by atoms with Crippen LogP contribution in [0.4, 0.5) is 5.69 Å². The second-order valence-electron chi connectivity index (χ2n) is 6.18. The summed E-state index contributed by atoms with van der Waals surface area (Å²) in [6.45, 7) is 2.99. The van der Waals surface area contributed by atoms with E-state index in [0.717, 1.165) is 23.8 Å². The number of hydrogen-bond acceptors (Lipinski definition) is 2. The van der Waals surface area contributed by atoms with Gasteiger partial charge in [0.1, 0.15) is 0 Å². The van der Waals surface area contributed by atoms with Crippen LogP contribution in [0.1, 0.15) is 17.4 Å². The van der Waals surface area contributed by atoms with Gasteiger partial charge in [-0.15, -0.1) is 11.3 Å². The van der Waals surface area contributed by atoms with Gasteiger partial charge in [0.15, 0.2) is 5.11 Å². The van der Waals surface area contributed by atoms with Crippen molar-refractivity contribution in [1.29, 1.82) is 0 Å². The van der Waals surface area contributed by atoms with Crippen molar-refractivity contribution in [2.75, 3.05) is 5.32 Å². The van der Waals surface area contributed by atoms with Gasteiger partial charge in [-0.25, -0.2) is 0 Å². The highest BCUT2D eigenvalue weighted by atomic mass is 35.5. The van der Waals surface area contributed by atoms with Crippen molar-refractivity contribution in [3.05, 3.63) is 87.6 Å². The van der Waals surface area contributed by atoms with Gasteiger partial charge in [-0.05, 0) is 60.4 Å². The summed E-state index contributed by atoms with van der Waals surface area (Å²) >= 11 is 13.5. The topological polar surface area (TPSA) is 15.3 Å². The smallest absolute Gasteiger partial charge is 0.173 e. The van der Waals surface area contributed by atoms with Crippen LogP contribution in [0.2, 0.25) is 5.02 Å². The van der Waals surface area contributed by atoms with E-state index in [1.165, 1.54) is 10.4 Å². The van der Waals surface area contributed by atoms with Gasteiger partial charge in [0.2, 0.25) is 0 Å². The van der Waals surface area contributed by atoms with Gasteiger partial charge in [-0.2, -0.15) is 0 Å². The van der Waals surface area contributed by atoms with Crippen molar-refractivity contribution in [2.24, 2.45) is 0 Å². The Morgan fingerprint density at radius 3 is 2.46 bits per heavy atom. The number of rotatable bonds is 6. The summed E-state index contributed by atoms with van der Waals surface area (Å²) in [7, 11) is 0. The Bertz CT molecular complexity index is 817. The van der Waals surface area contributed by atoms with Gasteiger partial charge in [0.25, 0.3) is 0 Å². The zero-order valence-electron chi connectivity index (χ0n) is 14.6. The molecule has 0 aliphatic carbocycles. The molecule has 3 aromatic rings. The fourth-order valence-corrected chi connectivity index (χ4v) is 4.08. The zero-order chi connectivity index (χ0) is 18.4. The second-order valence-corrected chi connectivity index (χ2v) is 8.04. The molecule has 2 aromatic carbocycles. The molecular formula is C21H21ClN2S2. The summed E-state index contributed by atoms with van der Waals surface area (Å²) < 4.78 is 0. The van der Waals surface area contributed by atoms with E-state index in [0.29, 0.717) is 5.02 Å². The molecule has 1 heterocycles. The van der Waals surface area contributed by atoms with Gasteiger partial charge in [-0.1, -0.05) is 48.0 Å². The zero-order valence-corrected chi connectivity index (χ0v) is 17.0. The molecule has 5 heteroatoms. The minimum absolute atomic E-state index is 0.279. The van der Waals surface area contributed by atoms with Gasteiger partial charge in [-0.3, -0.25) is 0 Å². The minimum Gasteiger partial charge on any atom is -0.342 e. The number of anilines is 1. The number of halogens is 1. The number of nitrogens with one attached hydrogen (secondary N) is 1. The van der Waals surface area contributed by atoms with E-state index in [9.17, 15) is 0 Å². The Balaban J connectivity index is 1.76. The van der Waals surface area contributed by atoms with E-state index >= 15 is 0 Å². The molecule has 1 N–H and O–H groups in total. The number of hydrogen-bond donors (Lipinski definition) is 1. The minimum atomic E-state index is 0.279. The predicted molar refractivity (Wildman–Crippen MR) is 117 cm³/mol. The fourth-order valence-electron chi connectivity index (χ4n) is 2.77. The SMILES string of the molecule is C[C@H](Cc1cccs1)N(Cc1ccccc1)C(=S)Nc1ccc(Cl)cc1. The summed E-state index contributed by atoms with van der Waals surface area (Å²) in [5.41, 5.74) is 2.19. The highest BCUT2D eigenvalue weighted by molar-refractivity contribution is 7.80. The average molecular weight is 401 g/mol. The molecule has 3 rings (SSSR count). The third-order valence-corrected chi connectivity index (χ3v) is 5.65. The number of nitrogens with zero attached hydrogens (tertiary/aromatic N) is 1. The van der Waals surface area contributed by atoms with E-state index in [4.69, 9.17) is 23.8 Å². The van der Waals surface area contributed by atoms with Crippen LogP contribution in [0.15, 0.2) is 72.1 Å². The predicted octanol–water partition coefficient (Wildman–Crippen LogP) is 6.23. The lowest BCUT2D eigenvalue weighted by Crippen LogP contribution is -2.41. The first-order valence-electron chi connectivity index (χ1n) is 8.51. The van der Waals surface area contributed by atoms with Crippen molar-refractivity contribution in [3.8, 4) is 0 Å². The maximum atomic E-state index is 5.98. The van der Waals surface area contributed by atoms with Gasteiger partial charge >= 0.3 is 0 Å². The first-order valence-corrected chi connectivity index (χ1v) is 10.2. The fraction of sp³-hybridized carbons (Fsp3) is 0.190. The number of thiophene rings is 1. The third-order valence-electron chi connectivity index (χ3n) is 4.16. The molecule has 2 nitrogen and oxygen atoms in total. The second kappa shape index (κ2) is 9.17. The molecule has 0 aliphatic heterocycles. The Labute approximate surface area is 169 Å². The Kier molecular flexibility index (Phi) is 6.67. The largest absolute Gasteiger partial charge is 0.342 e. The highest BCUT2D eigenvalue weighted by Gasteiger charge is 2.18. The molecule has 26 heavy (non-hydrogen) atoms. The molecule has 1 aromatic heterocycles. The first-order chi connectivity index (χ1) is 12.6. The lowest BCUT2D eigenvalue weighted by Gasteiger charge is -2.32. The van der Waals surface area contributed by atoms with Gasteiger partial charge in [0, 0.05) is 34.6 Å². The quantitative estimate of drug-likeness (QED) is 0.493. The molecule has 0 saturated heterocycles. The van der Waals surface area contributed by atoms with Crippen molar-refractivity contribution < 1.29 is 0 Å². The molecule has 0 fully saturated rings. The molecule has 0 saturated carbocycles. The summed E-state index contributed by atoms with van der Waals surface area (Å²) in [6.07, 6.45) is 0.965. The first kappa shape index (κ1) is 18.9. The Hall–Kier alpha value is -1.88. The number of thiocarbonyl (C=S) groups is 1. The summed E-state index contributed by atoms with van der Waals surface area (Å²) in [6, 6.07) is 22.6. The van der Waals surface area contributed by atoms with Gasteiger partial charge in [0.05, 0.1) is 0 Å². The monoisotopic (exact) mass is 400 g/mol. The molecular weight excluding hydrogens is 380 g/mol. The Morgan fingerprint density at radius 1 is 1.08 bits per heavy atom. The van der Waals surface area contributed by atoms with Crippen molar-refractivity contribution >= 4 is 46.0 Å². The van der Waals surface area contributed by atoms with Crippen molar-refractivity contribution in [1.82, 2.24) is 4.90 Å². The van der Waals surface area contributed by atoms with Crippen LogP contribution in [0.25, 0.3) is 0 Å². The van der Waals surface area contributed by atoms with E-state index in [1.54, 1.807) is 11.3 Å². The van der Waals surface area contributed by atoms with Crippen LogP contribution in [0.3, 0.4) is 0 Å². The van der Waals surface area contributed by atoms with Crippen LogP contribution < -0.4 is 5.32 Å². The summed E-state index contributed by atoms with van der Waals surface area (Å²) in [4.78, 5) is 3.61. The molecule has 0 spiro atoms. The van der Waals surface area contributed by atoms with Crippen molar-refractivity contribution in [3.63, 3.8) is 0 Å². The number of benzene rings is 2. The molecule has 0 amide bonds. The molecule has 0 aliphatic rings. The molecule has 0 unspecified atom stereocenters. The normalized spacial score (nSPS) is 11.8. The van der Waals surface area contributed by atoms with Gasteiger partial charge < -0.3 is 10.2 Å². The summed E-state index contributed by atoms with van der Waals surface area (Å²) in [5, 5.41) is 6.91. The van der Waals surface area contributed by atoms with E-state index in [-0.39, 0.29) is 6.04 Å². The summed E-state index contributed by atoms with van der Waals surface area (Å²) in [5.74, 6) is 0. The van der Waals surface area contributed by atoms with Crippen LogP contribution in [0, 0.1) is 0 Å². The van der Waals surface area contributed by atoms with E-state index in [2.05, 4.69) is 58.9 Å². The maximum Gasteiger partial charge on any atom is 0.173 e. The maximum absolute atomic E-state index is 5.98. The molecule has 0 bridgehead atoms. The van der Waals surface area contributed by atoms with Crippen LogP contribution in [-0.4, -0.2) is 16.1 Å². The molecule has 0 radical (unpaired) electrons. The van der Waals surface area contributed by atoms with Crippen LogP contribution in [-0.2, 0) is 13.0 Å². The van der Waals surface area contributed by atoms with Crippen LogP contribution >= 0.6 is 35.2 Å². The third kappa shape index (κ3) is 5.31. The Morgan fingerprint density at radius 2 is 1.81 bits per heavy atom. The molecule has 1 atom stereocenters. The highest BCUT2D eigenvalue weighted by Crippen LogP contribution is 2.19. The van der Waals surface area contributed by atoms with E-state index < -0.39 is 0 Å². The molecule has 134 valence electrons.